The molecule has 0 saturated carbocycles. The molecule has 0 radical (unpaired) electrons. The van der Waals surface area contributed by atoms with Gasteiger partial charge < -0.3 is 9.47 Å². The molecule has 1 saturated heterocycles. The van der Waals surface area contributed by atoms with Gasteiger partial charge in [0.05, 0.1) is 0 Å². The van der Waals surface area contributed by atoms with Gasteiger partial charge in [-0.3, -0.25) is 0 Å². The van der Waals surface area contributed by atoms with Crippen LogP contribution in [0.15, 0.2) is 0 Å². The minimum absolute atomic E-state index is 1.14. The molecule has 2 atom stereocenters. The first-order valence-corrected chi connectivity index (χ1v) is 2.76. The summed E-state index contributed by atoms with van der Waals surface area (Å²) in [5, 5.41) is 0. The second-order valence-corrected chi connectivity index (χ2v) is 1.87. The predicted octanol–water partition coefficient (Wildman–Crippen LogP) is 0.789. The molecule has 1 heterocycles. The highest BCUT2D eigenvalue weighted by atomic mass is 19.3. The normalized spacial score (nSPS) is 29.5. The Bertz CT molecular complexity index is 208. The number of hydrogen-bond acceptors (Lipinski definition) is 3. The van der Waals surface area contributed by atoms with E-state index in [4.69, 9.17) is 6.42 Å². The average Bonchev–Trinajstić information content (AvgIpc) is 2.30. The van der Waals surface area contributed by atoms with Crippen molar-refractivity contribution < 1.29 is 23.0 Å². The minimum atomic E-state index is -2.80. The van der Waals surface area contributed by atoms with Gasteiger partial charge in [-0.25, -0.2) is 13.6 Å². The molecule has 0 N–H and O–H groups in total. The molecule has 1 fully saturated rings. The molecule has 1 aliphatic heterocycles. The molecule has 2 unspecified atom stereocenters. The van der Waals surface area contributed by atoms with Gasteiger partial charge in [-0.05, 0) is 0 Å². The standard InChI is InChI=1S/C6H4F2O3/c1-2-3-4(5(7)8)11-6(9)10-3/h1,3-5H. The van der Waals surface area contributed by atoms with Gasteiger partial charge in [0.2, 0.25) is 12.2 Å². The number of hydrogen-bond donors (Lipinski definition) is 0. The highest BCUT2D eigenvalue weighted by molar-refractivity contribution is 5.63. The largest absolute Gasteiger partial charge is 0.510 e. The zero-order chi connectivity index (χ0) is 8.43. The monoisotopic (exact) mass is 162 g/mol. The third-order valence-corrected chi connectivity index (χ3v) is 1.17. The maximum Gasteiger partial charge on any atom is 0.510 e. The molecule has 0 aromatic rings. The van der Waals surface area contributed by atoms with E-state index in [1.54, 1.807) is 0 Å². The molecule has 3 nitrogen and oxygen atoms in total. The van der Waals surface area contributed by atoms with Gasteiger partial charge in [0.15, 0.2) is 0 Å². The van der Waals surface area contributed by atoms with Gasteiger partial charge in [0.25, 0.3) is 6.43 Å². The number of cyclic esters (lactones) is 2. The van der Waals surface area contributed by atoms with Crippen LogP contribution in [0.4, 0.5) is 13.6 Å². The van der Waals surface area contributed by atoms with E-state index in [1.807, 2.05) is 5.92 Å². The summed E-state index contributed by atoms with van der Waals surface area (Å²) in [7, 11) is 0. The third kappa shape index (κ3) is 1.40. The number of terminal acetylenes is 1. The molecule has 5 heteroatoms. The van der Waals surface area contributed by atoms with Crippen molar-refractivity contribution in [3.63, 3.8) is 0 Å². The summed E-state index contributed by atoms with van der Waals surface area (Å²) >= 11 is 0. The number of carbonyl (C=O) groups is 1. The summed E-state index contributed by atoms with van der Waals surface area (Å²) in [4.78, 5) is 10.3. The molecule has 0 aromatic heterocycles. The van der Waals surface area contributed by atoms with E-state index in [-0.39, 0.29) is 0 Å². The number of halogens is 2. The smallest absolute Gasteiger partial charge is 0.420 e. The molecule has 0 spiro atoms. The van der Waals surface area contributed by atoms with E-state index in [0.29, 0.717) is 0 Å². The second kappa shape index (κ2) is 2.74. The Morgan fingerprint density at radius 2 is 2.18 bits per heavy atom. The van der Waals surface area contributed by atoms with Crippen LogP contribution in [0.25, 0.3) is 0 Å². The summed E-state index contributed by atoms with van der Waals surface area (Å²) in [5.74, 6) is 1.88. The van der Waals surface area contributed by atoms with Crippen molar-refractivity contribution in [3.05, 3.63) is 0 Å². The average molecular weight is 162 g/mol. The Kier molecular flexibility index (Phi) is 1.94. The summed E-state index contributed by atoms with van der Waals surface area (Å²) in [6.07, 6.45) is -2.04. The fourth-order valence-electron chi connectivity index (χ4n) is 0.684. The van der Waals surface area contributed by atoms with Crippen molar-refractivity contribution in [1.29, 1.82) is 0 Å². The zero-order valence-electron chi connectivity index (χ0n) is 5.29. The van der Waals surface area contributed by atoms with E-state index in [2.05, 4.69) is 9.47 Å². The van der Waals surface area contributed by atoms with Crippen LogP contribution in [0.2, 0.25) is 0 Å². The Balaban J connectivity index is 2.66. The molecule has 11 heavy (non-hydrogen) atoms. The van der Waals surface area contributed by atoms with Crippen LogP contribution in [-0.2, 0) is 9.47 Å². The SMILES string of the molecule is C#CC1OC(=O)OC1C(F)F. The van der Waals surface area contributed by atoms with Gasteiger partial charge in [-0.15, -0.1) is 6.42 Å². The minimum Gasteiger partial charge on any atom is -0.420 e. The topological polar surface area (TPSA) is 35.5 Å². The van der Waals surface area contributed by atoms with Crippen molar-refractivity contribution in [1.82, 2.24) is 0 Å². The lowest BCUT2D eigenvalue weighted by molar-refractivity contribution is 0.00130. The van der Waals surface area contributed by atoms with Crippen LogP contribution >= 0.6 is 0 Å². The Morgan fingerprint density at radius 1 is 1.55 bits per heavy atom. The maximum atomic E-state index is 11.9. The lowest BCUT2D eigenvalue weighted by Crippen LogP contribution is -2.28. The number of ether oxygens (including phenoxy) is 2. The van der Waals surface area contributed by atoms with Crippen LogP contribution in [0.5, 0.6) is 0 Å². The van der Waals surface area contributed by atoms with Crippen molar-refractivity contribution in [2.24, 2.45) is 0 Å². The molecular weight excluding hydrogens is 158 g/mol. The van der Waals surface area contributed by atoms with Gasteiger partial charge in [-0.1, -0.05) is 5.92 Å². The fourth-order valence-corrected chi connectivity index (χ4v) is 0.684. The Hall–Kier alpha value is -1.31. The van der Waals surface area contributed by atoms with Crippen molar-refractivity contribution in [2.45, 2.75) is 18.6 Å². The molecule has 0 bridgehead atoms. The first-order valence-electron chi connectivity index (χ1n) is 2.76. The van der Waals surface area contributed by atoms with Crippen molar-refractivity contribution in [2.75, 3.05) is 0 Å². The fraction of sp³-hybridized carbons (Fsp3) is 0.500. The van der Waals surface area contributed by atoms with E-state index in [1.165, 1.54) is 0 Å². The first kappa shape index (κ1) is 7.79. The summed E-state index contributed by atoms with van der Waals surface area (Å²) in [6, 6.07) is 0. The van der Waals surface area contributed by atoms with Crippen LogP contribution in [-0.4, -0.2) is 24.8 Å². The molecule has 0 amide bonds. The lowest BCUT2D eigenvalue weighted by Gasteiger charge is -2.07. The number of alkyl halides is 2. The van der Waals surface area contributed by atoms with E-state index in [0.717, 1.165) is 0 Å². The summed E-state index contributed by atoms with van der Waals surface area (Å²) < 4.78 is 32.1. The van der Waals surface area contributed by atoms with Gasteiger partial charge in [-0.2, -0.15) is 0 Å². The van der Waals surface area contributed by atoms with Gasteiger partial charge >= 0.3 is 6.16 Å². The Labute approximate surface area is 61.3 Å². The van der Waals surface area contributed by atoms with Crippen LogP contribution in [0.3, 0.4) is 0 Å². The molecule has 1 rings (SSSR count). The van der Waals surface area contributed by atoms with Crippen molar-refractivity contribution in [3.8, 4) is 12.3 Å². The molecule has 1 aliphatic rings. The van der Waals surface area contributed by atoms with Crippen molar-refractivity contribution >= 4 is 6.16 Å². The maximum absolute atomic E-state index is 11.9. The Morgan fingerprint density at radius 3 is 2.55 bits per heavy atom. The highest BCUT2D eigenvalue weighted by Crippen LogP contribution is 2.20. The third-order valence-electron chi connectivity index (χ3n) is 1.17. The predicted molar refractivity (Wildman–Crippen MR) is 30.0 cm³/mol. The zero-order valence-corrected chi connectivity index (χ0v) is 5.29. The van der Waals surface area contributed by atoms with E-state index in [9.17, 15) is 13.6 Å². The summed E-state index contributed by atoms with van der Waals surface area (Å²) in [5.41, 5.74) is 0. The highest BCUT2D eigenvalue weighted by Gasteiger charge is 2.41. The van der Waals surface area contributed by atoms with Crippen LogP contribution < -0.4 is 0 Å². The first-order chi connectivity index (χ1) is 5.15. The van der Waals surface area contributed by atoms with E-state index < -0.39 is 24.8 Å². The molecule has 60 valence electrons. The van der Waals surface area contributed by atoms with E-state index >= 15 is 0 Å². The molecule has 0 aromatic carbocycles. The van der Waals surface area contributed by atoms with Gasteiger partial charge in [0, 0.05) is 0 Å². The summed E-state index contributed by atoms with van der Waals surface area (Å²) in [6.45, 7) is 0. The van der Waals surface area contributed by atoms with Gasteiger partial charge in [0.1, 0.15) is 0 Å². The quantitative estimate of drug-likeness (QED) is 0.422. The lowest BCUT2D eigenvalue weighted by atomic mass is 10.2. The molecule has 0 aliphatic carbocycles. The molecular formula is C6H4F2O3. The number of carbonyl (C=O) groups excluding carboxylic acids is 1. The van der Waals surface area contributed by atoms with Crippen LogP contribution in [0, 0.1) is 12.3 Å². The van der Waals surface area contributed by atoms with Crippen LogP contribution in [0.1, 0.15) is 0 Å². The number of rotatable bonds is 1. The second-order valence-electron chi connectivity index (χ2n) is 1.87.